The maximum absolute atomic E-state index is 12.0. The van der Waals surface area contributed by atoms with Gasteiger partial charge >= 0.3 is 0 Å². The third-order valence-corrected chi connectivity index (χ3v) is 3.85. The molecule has 0 aromatic rings. The minimum absolute atomic E-state index is 0.137. The molecule has 4 heteroatoms. The van der Waals surface area contributed by atoms with Gasteiger partial charge in [-0.15, -0.1) is 0 Å². The number of piperidine rings is 1. The van der Waals surface area contributed by atoms with Gasteiger partial charge in [-0.05, 0) is 66.0 Å². The van der Waals surface area contributed by atoms with E-state index in [1.165, 1.54) is 19.3 Å². The third kappa shape index (κ3) is 6.71. The largest absolute Gasteiger partial charge is 0.350 e. The van der Waals surface area contributed by atoms with Crippen molar-refractivity contribution in [3.63, 3.8) is 0 Å². The summed E-state index contributed by atoms with van der Waals surface area (Å²) in [5.41, 5.74) is -0.137. The molecule has 0 aliphatic carbocycles. The highest BCUT2D eigenvalue weighted by molar-refractivity contribution is 5.78. The zero-order valence-corrected chi connectivity index (χ0v) is 14.0. The van der Waals surface area contributed by atoms with Gasteiger partial charge in [-0.3, -0.25) is 9.69 Å². The number of hydrogen-bond acceptors (Lipinski definition) is 3. The van der Waals surface area contributed by atoms with Crippen LogP contribution in [0.1, 0.15) is 53.9 Å². The topological polar surface area (TPSA) is 44.4 Å². The summed E-state index contributed by atoms with van der Waals surface area (Å²) in [5.74, 6) is 0.810. The second-order valence-corrected chi connectivity index (χ2v) is 7.18. The highest BCUT2D eigenvalue weighted by Gasteiger charge is 2.26. The smallest absolute Gasteiger partial charge is 0.234 e. The van der Waals surface area contributed by atoms with Gasteiger partial charge in [-0.25, -0.2) is 0 Å². The van der Waals surface area contributed by atoms with Gasteiger partial charge in [0.2, 0.25) is 5.91 Å². The summed E-state index contributed by atoms with van der Waals surface area (Å²) >= 11 is 0. The van der Waals surface area contributed by atoms with E-state index in [-0.39, 0.29) is 11.4 Å². The molecule has 0 spiro atoms. The number of hydrogen-bond donors (Lipinski definition) is 2. The van der Waals surface area contributed by atoms with Gasteiger partial charge in [0.25, 0.3) is 0 Å². The Kier molecular flexibility index (Phi) is 6.96. The first-order valence-electron chi connectivity index (χ1n) is 8.08. The number of nitrogens with zero attached hydrogens (tertiary/aromatic N) is 1. The summed E-state index contributed by atoms with van der Waals surface area (Å²) in [6.45, 7) is 14.3. The molecule has 0 aromatic heterocycles. The number of rotatable bonds is 6. The molecule has 1 heterocycles. The average molecular weight is 283 g/mol. The van der Waals surface area contributed by atoms with Crippen molar-refractivity contribution in [2.24, 2.45) is 5.92 Å². The molecule has 2 atom stereocenters. The molecular weight excluding hydrogens is 250 g/mol. The Morgan fingerprint density at radius 3 is 2.70 bits per heavy atom. The van der Waals surface area contributed by atoms with Gasteiger partial charge in [-0.1, -0.05) is 6.92 Å². The minimum Gasteiger partial charge on any atom is -0.350 e. The fourth-order valence-electron chi connectivity index (χ4n) is 2.84. The van der Waals surface area contributed by atoms with Crippen LogP contribution in [0.5, 0.6) is 0 Å². The van der Waals surface area contributed by atoms with Crippen LogP contribution < -0.4 is 10.6 Å². The first-order valence-corrected chi connectivity index (χ1v) is 8.08. The Balaban J connectivity index is 2.38. The molecule has 2 N–H and O–H groups in total. The molecule has 0 aromatic carbocycles. The summed E-state index contributed by atoms with van der Waals surface area (Å²) in [6, 6.07) is 0.545. The van der Waals surface area contributed by atoms with E-state index in [0.29, 0.717) is 18.5 Å². The maximum Gasteiger partial charge on any atom is 0.234 e. The summed E-state index contributed by atoms with van der Waals surface area (Å²) in [5, 5.41) is 6.64. The molecule has 2 unspecified atom stereocenters. The number of likely N-dealkylation sites (tertiary alicyclic amines) is 1. The first kappa shape index (κ1) is 17.4. The SMILES string of the molecule is CCCNC(C)C1CCCN(CC(=O)NC(C)(C)C)C1. The predicted molar refractivity (Wildman–Crippen MR) is 84.8 cm³/mol. The van der Waals surface area contributed by atoms with Crippen LogP contribution in [0.25, 0.3) is 0 Å². The normalized spacial score (nSPS) is 22.6. The molecule has 20 heavy (non-hydrogen) atoms. The molecule has 1 rings (SSSR count). The molecule has 0 radical (unpaired) electrons. The summed E-state index contributed by atoms with van der Waals surface area (Å²) < 4.78 is 0. The fourth-order valence-corrected chi connectivity index (χ4v) is 2.84. The Bertz CT molecular complexity index is 299. The molecule has 1 aliphatic heterocycles. The second-order valence-electron chi connectivity index (χ2n) is 7.18. The van der Waals surface area contributed by atoms with E-state index in [1.807, 2.05) is 20.8 Å². The van der Waals surface area contributed by atoms with Crippen LogP contribution in [0.2, 0.25) is 0 Å². The third-order valence-electron chi connectivity index (χ3n) is 3.85. The average Bonchev–Trinajstić information content (AvgIpc) is 2.33. The molecule has 1 saturated heterocycles. The van der Waals surface area contributed by atoms with E-state index in [0.717, 1.165) is 19.6 Å². The van der Waals surface area contributed by atoms with Crippen molar-refractivity contribution >= 4 is 5.91 Å². The highest BCUT2D eigenvalue weighted by atomic mass is 16.2. The Labute approximate surface area is 124 Å². The lowest BCUT2D eigenvalue weighted by molar-refractivity contribution is -0.124. The molecule has 1 fully saturated rings. The Morgan fingerprint density at radius 2 is 2.10 bits per heavy atom. The predicted octanol–water partition coefficient (Wildman–Crippen LogP) is 2.00. The van der Waals surface area contributed by atoms with Crippen LogP contribution in [0.4, 0.5) is 0 Å². The molecular formula is C16H33N3O. The number of amides is 1. The molecule has 118 valence electrons. The standard InChI is InChI=1S/C16H33N3O/c1-6-9-17-13(2)14-8-7-10-19(11-14)12-15(20)18-16(3,4)5/h13-14,17H,6-12H2,1-5H3,(H,18,20). The molecule has 1 amide bonds. The number of carbonyl (C=O) groups excluding carboxylic acids is 1. The van der Waals surface area contributed by atoms with E-state index in [2.05, 4.69) is 29.4 Å². The first-order chi connectivity index (χ1) is 9.31. The van der Waals surface area contributed by atoms with Crippen molar-refractivity contribution in [3.8, 4) is 0 Å². The van der Waals surface area contributed by atoms with Crippen molar-refractivity contribution in [2.45, 2.75) is 65.5 Å². The van der Waals surface area contributed by atoms with Gasteiger partial charge in [-0.2, -0.15) is 0 Å². The quantitative estimate of drug-likeness (QED) is 0.784. The van der Waals surface area contributed by atoms with Crippen LogP contribution in [-0.4, -0.2) is 48.6 Å². The fraction of sp³-hybridized carbons (Fsp3) is 0.938. The van der Waals surface area contributed by atoms with Crippen LogP contribution in [-0.2, 0) is 4.79 Å². The molecule has 4 nitrogen and oxygen atoms in total. The van der Waals surface area contributed by atoms with Crippen molar-refractivity contribution in [1.82, 2.24) is 15.5 Å². The van der Waals surface area contributed by atoms with Crippen LogP contribution in [0.3, 0.4) is 0 Å². The minimum atomic E-state index is -0.137. The second kappa shape index (κ2) is 7.99. The molecule has 0 bridgehead atoms. The molecule has 1 aliphatic rings. The maximum atomic E-state index is 12.0. The van der Waals surface area contributed by atoms with E-state index in [1.54, 1.807) is 0 Å². The van der Waals surface area contributed by atoms with E-state index in [9.17, 15) is 4.79 Å². The molecule has 0 saturated carbocycles. The van der Waals surface area contributed by atoms with Gasteiger partial charge < -0.3 is 10.6 Å². The van der Waals surface area contributed by atoms with Gasteiger partial charge in [0.15, 0.2) is 0 Å². The van der Waals surface area contributed by atoms with Crippen molar-refractivity contribution in [2.75, 3.05) is 26.2 Å². The lowest BCUT2D eigenvalue weighted by Gasteiger charge is -2.36. The van der Waals surface area contributed by atoms with Gasteiger partial charge in [0, 0.05) is 18.1 Å². The van der Waals surface area contributed by atoms with Crippen molar-refractivity contribution in [1.29, 1.82) is 0 Å². The van der Waals surface area contributed by atoms with Crippen molar-refractivity contribution in [3.05, 3.63) is 0 Å². The van der Waals surface area contributed by atoms with Gasteiger partial charge in [0.05, 0.1) is 6.54 Å². The Hall–Kier alpha value is -0.610. The van der Waals surface area contributed by atoms with Gasteiger partial charge in [0.1, 0.15) is 0 Å². The monoisotopic (exact) mass is 283 g/mol. The zero-order valence-electron chi connectivity index (χ0n) is 14.0. The van der Waals surface area contributed by atoms with E-state index >= 15 is 0 Å². The lowest BCUT2D eigenvalue weighted by atomic mass is 9.91. The highest BCUT2D eigenvalue weighted by Crippen LogP contribution is 2.19. The van der Waals surface area contributed by atoms with Crippen LogP contribution >= 0.6 is 0 Å². The van der Waals surface area contributed by atoms with Crippen LogP contribution in [0.15, 0.2) is 0 Å². The number of nitrogens with one attached hydrogen (secondary N) is 2. The Morgan fingerprint density at radius 1 is 1.40 bits per heavy atom. The van der Waals surface area contributed by atoms with E-state index < -0.39 is 0 Å². The number of carbonyl (C=O) groups is 1. The van der Waals surface area contributed by atoms with E-state index in [4.69, 9.17) is 0 Å². The summed E-state index contributed by atoms with van der Waals surface area (Å²) in [6.07, 6.45) is 3.65. The lowest BCUT2D eigenvalue weighted by Crippen LogP contribution is -2.50. The van der Waals surface area contributed by atoms with Crippen molar-refractivity contribution < 1.29 is 4.79 Å². The zero-order chi connectivity index (χ0) is 15.2. The van der Waals surface area contributed by atoms with Crippen LogP contribution in [0, 0.1) is 5.92 Å². The summed E-state index contributed by atoms with van der Waals surface area (Å²) in [4.78, 5) is 14.3. The summed E-state index contributed by atoms with van der Waals surface area (Å²) in [7, 11) is 0.